The first-order valence-corrected chi connectivity index (χ1v) is 6.88. The molecule has 0 unspecified atom stereocenters. The van der Waals surface area contributed by atoms with Gasteiger partial charge in [0.1, 0.15) is 5.69 Å². The van der Waals surface area contributed by atoms with E-state index in [1.165, 1.54) is 22.4 Å². The van der Waals surface area contributed by atoms with Crippen LogP contribution in [0.1, 0.15) is 24.1 Å². The molecule has 0 radical (unpaired) electrons. The van der Waals surface area contributed by atoms with Crippen LogP contribution >= 0.6 is 0 Å². The van der Waals surface area contributed by atoms with E-state index in [0.29, 0.717) is 11.4 Å². The van der Waals surface area contributed by atoms with Gasteiger partial charge < -0.3 is 4.98 Å². The molecular weight excluding hydrogens is 252 g/mol. The summed E-state index contributed by atoms with van der Waals surface area (Å²) >= 11 is 0. The van der Waals surface area contributed by atoms with Crippen molar-refractivity contribution in [1.29, 1.82) is 0 Å². The predicted octanol–water partition coefficient (Wildman–Crippen LogP) is 1.94. The first kappa shape index (κ1) is 11.4. The first-order chi connectivity index (χ1) is 9.84. The van der Waals surface area contributed by atoms with Crippen LogP contribution in [-0.4, -0.2) is 19.7 Å². The summed E-state index contributed by atoms with van der Waals surface area (Å²) < 4.78 is 1.40. The van der Waals surface area contributed by atoms with E-state index in [4.69, 9.17) is 0 Å². The summed E-state index contributed by atoms with van der Waals surface area (Å²) in [6, 6.07) is 5.48. The van der Waals surface area contributed by atoms with Gasteiger partial charge in [-0.2, -0.15) is 9.78 Å². The lowest BCUT2D eigenvalue weighted by atomic mass is 9.92. The Morgan fingerprint density at radius 1 is 1.20 bits per heavy atom. The van der Waals surface area contributed by atoms with E-state index in [-0.39, 0.29) is 5.56 Å². The van der Waals surface area contributed by atoms with E-state index in [9.17, 15) is 4.79 Å². The van der Waals surface area contributed by atoms with E-state index in [2.05, 4.69) is 15.1 Å². The second kappa shape index (κ2) is 4.30. The predicted molar refractivity (Wildman–Crippen MR) is 75.2 cm³/mol. The molecule has 100 valence electrons. The SMILES string of the molecule is O=c1c2c[nH]c3c(c-2nn1-c1ccccn1)CCCC3. The zero-order chi connectivity index (χ0) is 13.5. The van der Waals surface area contributed by atoms with Crippen LogP contribution in [-0.2, 0) is 12.8 Å². The number of hydrogen-bond donors (Lipinski definition) is 1. The summed E-state index contributed by atoms with van der Waals surface area (Å²) in [5.41, 5.74) is 3.78. The van der Waals surface area contributed by atoms with Crippen molar-refractivity contribution < 1.29 is 0 Å². The third-order valence-corrected chi connectivity index (χ3v) is 3.89. The first-order valence-electron chi connectivity index (χ1n) is 6.88. The monoisotopic (exact) mass is 266 g/mol. The average molecular weight is 266 g/mol. The molecule has 0 spiro atoms. The number of H-pyrrole nitrogens is 1. The van der Waals surface area contributed by atoms with Crippen molar-refractivity contribution in [3.8, 4) is 17.1 Å². The Balaban J connectivity index is 1.99. The Bertz CT molecular complexity index is 788. The molecule has 1 N–H and O–H groups in total. The van der Waals surface area contributed by atoms with Gasteiger partial charge in [0.05, 0.1) is 5.56 Å². The van der Waals surface area contributed by atoms with Gasteiger partial charge in [0.2, 0.25) is 0 Å². The zero-order valence-electron chi connectivity index (χ0n) is 11.0. The van der Waals surface area contributed by atoms with Gasteiger partial charge in [-0.1, -0.05) is 6.07 Å². The van der Waals surface area contributed by atoms with Crippen molar-refractivity contribution in [2.75, 3.05) is 0 Å². The maximum Gasteiger partial charge on any atom is 0.283 e. The highest BCUT2D eigenvalue weighted by Crippen LogP contribution is 2.28. The third kappa shape index (κ3) is 1.59. The lowest BCUT2D eigenvalue weighted by Gasteiger charge is -2.16. The largest absolute Gasteiger partial charge is 0.364 e. The highest BCUT2D eigenvalue weighted by molar-refractivity contribution is 5.65. The summed E-state index contributed by atoms with van der Waals surface area (Å²) in [7, 11) is 0. The number of hydrogen-bond acceptors (Lipinski definition) is 3. The number of aromatic nitrogens is 4. The smallest absolute Gasteiger partial charge is 0.283 e. The minimum atomic E-state index is -0.108. The number of fused-ring (bicyclic) bond motifs is 3. The summed E-state index contributed by atoms with van der Waals surface area (Å²) in [5, 5.41) is 4.52. The molecule has 0 atom stereocenters. The number of nitrogens with one attached hydrogen (secondary N) is 1. The molecule has 5 heteroatoms. The Labute approximate surface area is 115 Å². The Kier molecular flexibility index (Phi) is 2.45. The molecule has 0 saturated heterocycles. The Morgan fingerprint density at radius 2 is 2.10 bits per heavy atom. The fourth-order valence-corrected chi connectivity index (χ4v) is 2.89. The van der Waals surface area contributed by atoms with Crippen LogP contribution in [0, 0.1) is 0 Å². The summed E-state index contributed by atoms with van der Waals surface area (Å²) in [4.78, 5) is 19.9. The Morgan fingerprint density at radius 3 is 2.95 bits per heavy atom. The second-order valence-corrected chi connectivity index (χ2v) is 5.12. The van der Waals surface area contributed by atoms with Crippen molar-refractivity contribution in [1.82, 2.24) is 19.7 Å². The van der Waals surface area contributed by atoms with E-state index in [0.717, 1.165) is 25.0 Å². The molecule has 0 amide bonds. The minimum Gasteiger partial charge on any atom is -0.364 e. The number of aryl methyl sites for hydroxylation is 1. The molecule has 1 aromatic rings. The van der Waals surface area contributed by atoms with Crippen LogP contribution in [0.25, 0.3) is 17.1 Å². The highest BCUT2D eigenvalue weighted by Gasteiger charge is 2.23. The number of pyridine rings is 2. The molecule has 5 nitrogen and oxygen atoms in total. The van der Waals surface area contributed by atoms with Gasteiger partial charge in [-0.25, -0.2) is 4.98 Å². The molecule has 4 rings (SSSR count). The molecule has 0 saturated carbocycles. The standard InChI is InChI=1S/C15H14N4O/c20-15-11-9-17-12-6-2-1-5-10(12)14(11)18-19(15)13-7-3-4-8-16-13/h3-4,7-9,17H,1-2,5-6H2. The maximum atomic E-state index is 12.5. The normalized spacial score (nSPS) is 14.4. The lowest BCUT2D eigenvalue weighted by molar-refractivity contribution is 0.666. The second-order valence-electron chi connectivity index (χ2n) is 5.12. The maximum absolute atomic E-state index is 12.5. The van der Waals surface area contributed by atoms with E-state index in [1.807, 2.05) is 12.1 Å². The molecule has 3 aliphatic rings. The molecule has 3 heterocycles. The molecule has 20 heavy (non-hydrogen) atoms. The topological polar surface area (TPSA) is 63.6 Å². The fraction of sp³-hybridized carbons (Fsp3) is 0.267. The summed E-state index contributed by atoms with van der Waals surface area (Å²) in [6.07, 6.45) is 7.83. The van der Waals surface area contributed by atoms with Gasteiger partial charge in [-0.15, -0.1) is 0 Å². The number of aromatic amines is 1. The average Bonchev–Trinajstić information content (AvgIpc) is 2.86. The molecule has 1 aromatic heterocycles. The van der Waals surface area contributed by atoms with E-state index < -0.39 is 0 Å². The van der Waals surface area contributed by atoms with Gasteiger partial charge in [-0.3, -0.25) is 4.79 Å². The van der Waals surface area contributed by atoms with Crippen LogP contribution in [0.5, 0.6) is 0 Å². The van der Waals surface area contributed by atoms with Crippen LogP contribution in [0.4, 0.5) is 0 Å². The fourth-order valence-electron chi connectivity index (χ4n) is 2.89. The van der Waals surface area contributed by atoms with E-state index in [1.54, 1.807) is 18.5 Å². The quantitative estimate of drug-likeness (QED) is 0.732. The van der Waals surface area contributed by atoms with Crippen molar-refractivity contribution in [3.63, 3.8) is 0 Å². The van der Waals surface area contributed by atoms with Crippen LogP contribution in [0.2, 0.25) is 0 Å². The van der Waals surface area contributed by atoms with Crippen LogP contribution in [0.3, 0.4) is 0 Å². The number of nitrogens with zero attached hydrogens (tertiary/aromatic N) is 3. The van der Waals surface area contributed by atoms with Crippen molar-refractivity contribution in [2.24, 2.45) is 0 Å². The van der Waals surface area contributed by atoms with Gasteiger partial charge in [-0.05, 0) is 43.4 Å². The van der Waals surface area contributed by atoms with Gasteiger partial charge in [0.25, 0.3) is 5.56 Å². The number of rotatable bonds is 1. The van der Waals surface area contributed by atoms with Crippen LogP contribution < -0.4 is 5.56 Å². The van der Waals surface area contributed by atoms with E-state index >= 15 is 0 Å². The minimum absolute atomic E-state index is 0.108. The van der Waals surface area contributed by atoms with Crippen molar-refractivity contribution in [2.45, 2.75) is 25.7 Å². The van der Waals surface area contributed by atoms with Crippen molar-refractivity contribution >= 4 is 0 Å². The summed E-state index contributed by atoms with van der Waals surface area (Å²) in [5.74, 6) is 0.568. The highest BCUT2D eigenvalue weighted by atomic mass is 16.1. The molecule has 0 bridgehead atoms. The Hall–Kier alpha value is -2.43. The molecule has 0 fully saturated rings. The van der Waals surface area contributed by atoms with Crippen molar-refractivity contribution in [3.05, 3.63) is 52.2 Å². The summed E-state index contributed by atoms with van der Waals surface area (Å²) in [6.45, 7) is 0. The molecular formula is C15H14N4O. The van der Waals surface area contributed by atoms with Gasteiger partial charge in [0.15, 0.2) is 5.82 Å². The third-order valence-electron chi connectivity index (χ3n) is 3.89. The van der Waals surface area contributed by atoms with Crippen LogP contribution in [0.15, 0.2) is 35.4 Å². The molecule has 1 aliphatic carbocycles. The van der Waals surface area contributed by atoms with Gasteiger partial charge in [0, 0.05) is 18.1 Å². The zero-order valence-corrected chi connectivity index (χ0v) is 11.0. The molecule has 2 aliphatic heterocycles. The lowest BCUT2D eigenvalue weighted by Crippen LogP contribution is -2.15. The molecule has 0 aromatic carbocycles. The van der Waals surface area contributed by atoms with Gasteiger partial charge >= 0.3 is 0 Å².